The zero-order valence-electron chi connectivity index (χ0n) is 17.4. The lowest BCUT2D eigenvalue weighted by molar-refractivity contribution is -0.127. The quantitative estimate of drug-likeness (QED) is 0.475. The Bertz CT molecular complexity index is 687. The molecule has 0 saturated carbocycles. The fourth-order valence-corrected chi connectivity index (χ4v) is 4.40. The molecule has 1 unspecified atom stereocenters. The predicted octanol–water partition coefficient (Wildman–Crippen LogP) is 2.29. The van der Waals surface area contributed by atoms with Gasteiger partial charge < -0.3 is 4.90 Å². The summed E-state index contributed by atoms with van der Waals surface area (Å²) in [5.74, 6) is 5.35. The molecule has 0 aromatic heterocycles. The van der Waals surface area contributed by atoms with Crippen LogP contribution in [0.2, 0.25) is 0 Å². The fourth-order valence-electron chi connectivity index (χ4n) is 4.40. The molecule has 0 bridgehead atoms. The maximum absolute atomic E-state index is 12.9. The second-order valence-electron chi connectivity index (χ2n) is 9.19. The Morgan fingerprint density at radius 3 is 2.25 bits per heavy atom. The maximum Gasteiger partial charge on any atom is 0.253 e. The summed E-state index contributed by atoms with van der Waals surface area (Å²) in [6.07, 6.45) is 3.85. The van der Waals surface area contributed by atoms with Crippen LogP contribution in [0, 0.1) is 5.92 Å². The summed E-state index contributed by atoms with van der Waals surface area (Å²) in [7, 11) is 0. The minimum absolute atomic E-state index is 0.0141. The topological polar surface area (TPSA) is 78.7 Å². The highest BCUT2D eigenvalue weighted by Crippen LogP contribution is 2.26. The van der Waals surface area contributed by atoms with Gasteiger partial charge in [-0.1, -0.05) is 32.9 Å². The van der Waals surface area contributed by atoms with Crippen molar-refractivity contribution in [3.63, 3.8) is 0 Å². The van der Waals surface area contributed by atoms with Crippen LogP contribution in [0.5, 0.6) is 0 Å². The number of carbonyl (C=O) groups excluding carboxylic acids is 2. The predicted molar refractivity (Wildman–Crippen MR) is 111 cm³/mol. The molecule has 154 valence electrons. The van der Waals surface area contributed by atoms with E-state index in [1.807, 2.05) is 17.0 Å². The molecule has 1 aromatic rings. The first-order valence-corrected chi connectivity index (χ1v) is 10.4. The maximum atomic E-state index is 12.9. The molecule has 1 aromatic carbocycles. The summed E-state index contributed by atoms with van der Waals surface area (Å²) < 4.78 is 0. The lowest BCUT2D eigenvalue weighted by Gasteiger charge is -2.42. The van der Waals surface area contributed by atoms with E-state index < -0.39 is 0 Å². The van der Waals surface area contributed by atoms with Gasteiger partial charge in [-0.05, 0) is 55.3 Å². The van der Waals surface area contributed by atoms with Gasteiger partial charge in [0, 0.05) is 31.2 Å². The molecule has 0 aliphatic carbocycles. The van der Waals surface area contributed by atoms with E-state index >= 15 is 0 Å². The highest BCUT2D eigenvalue weighted by Gasteiger charge is 2.32. The molecule has 2 aliphatic rings. The van der Waals surface area contributed by atoms with Gasteiger partial charge >= 0.3 is 0 Å². The molecule has 2 fully saturated rings. The molecule has 6 heteroatoms. The van der Waals surface area contributed by atoms with Crippen LogP contribution >= 0.6 is 0 Å². The lowest BCUT2D eigenvalue weighted by atomic mass is 9.86. The first-order valence-electron chi connectivity index (χ1n) is 10.4. The highest BCUT2D eigenvalue weighted by atomic mass is 16.2. The third-order valence-electron chi connectivity index (χ3n) is 6.23. The number of hydrazine groups is 1. The van der Waals surface area contributed by atoms with Crippen LogP contribution in [0.25, 0.3) is 0 Å². The van der Waals surface area contributed by atoms with Gasteiger partial charge in [0.1, 0.15) is 0 Å². The Kier molecular flexibility index (Phi) is 6.40. The second-order valence-corrected chi connectivity index (χ2v) is 9.19. The normalized spacial score (nSPS) is 22.1. The Balaban J connectivity index is 1.55. The van der Waals surface area contributed by atoms with Gasteiger partial charge in [-0.2, -0.15) is 0 Å². The standard InChI is InChI=1S/C22H34N4O2/c1-22(2,3)18-8-6-16(7-9-18)21(28)25-13-10-19(11-14-25)26-12-4-5-17(15-26)20(27)24-23/h6-9,17,19H,4-5,10-15,23H2,1-3H3,(H,24,27). The number of amides is 2. The number of likely N-dealkylation sites (tertiary alicyclic amines) is 2. The summed E-state index contributed by atoms with van der Waals surface area (Å²) in [5.41, 5.74) is 4.39. The van der Waals surface area contributed by atoms with Gasteiger partial charge in [-0.15, -0.1) is 0 Å². The summed E-state index contributed by atoms with van der Waals surface area (Å²) >= 11 is 0. The second kappa shape index (κ2) is 8.62. The molecular formula is C22H34N4O2. The van der Waals surface area contributed by atoms with Gasteiger partial charge in [0.25, 0.3) is 5.91 Å². The van der Waals surface area contributed by atoms with Crippen molar-refractivity contribution in [1.29, 1.82) is 0 Å². The number of nitrogens with one attached hydrogen (secondary N) is 1. The van der Waals surface area contributed by atoms with Crippen LogP contribution < -0.4 is 11.3 Å². The van der Waals surface area contributed by atoms with Crippen molar-refractivity contribution >= 4 is 11.8 Å². The van der Waals surface area contributed by atoms with Gasteiger partial charge in [0.15, 0.2) is 0 Å². The average molecular weight is 387 g/mol. The minimum Gasteiger partial charge on any atom is -0.339 e. The van der Waals surface area contributed by atoms with E-state index in [-0.39, 0.29) is 23.1 Å². The molecular weight excluding hydrogens is 352 g/mol. The van der Waals surface area contributed by atoms with E-state index in [1.165, 1.54) is 5.56 Å². The van der Waals surface area contributed by atoms with E-state index in [9.17, 15) is 9.59 Å². The Morgan fingerprint density at radius 1 is 1.04 bits per heavy atom. The number of nitrogens with two attached hydrogens (primary N) is 1. The summed E-state index contributed by atoms with van der Waals surface area (Å²) in [4.78, 5) is 29.1. The molecule has 6 nitrogen and oxygen atoms in total. The first-order chi connectivity index (χ1) is 13.3. The van der Waals surface area contributed by atoms with Crippen molar-refractivity contribution in [2.24, 2.45) is 11.8 Å². The lowest BCUT2D eigenvalue weighted by Crippen LogP contribution is -2.52. The van der Waals surface area contributed by atoms with Crippen LogP contribution in [0.4, 0.5) is 0 Å². The van der Waals surface area contributed by atoms with E-state index in [0.717, 1.165) is 57.4 Å². The number of nitrogens with zero attached hydrogens (tertiary/aromatic N) is 2. The zero-order chi connectivity index (χ0) is 20.3. The average Bonchev–Trinajstić information content (AvgIpc) is 2.72. The molecule has 2 heterocycles. The van der Waals surface area contributed by atoms with Crippen LogP contribution in [0.15, 0.2) is 24.3 Å². The fraction of sp³-hybridized carbons (Fsp3) is 0.636. The molecule has 2 amide bonds. The number of carbonyl (C=O) groups is 2. The minimum atomic E-state index is -0.0592. The van der Waals surface area contributed by atoms with Crippen LogP contribution in [-0.2, 0) is 10.2 Å². The van der Waals surface area contributed by atoms with E-state index in [1.54, 1.807) is 0 Å². The molecule has 0 spiro atoms. The van der Waals surface area contributed by atoms with Crippen molar-refractivity contribution in [3.8, 4) is 0 Å². The van der Waals surface area contributed by atoms with Crippen molar-refractivity contribution in [3.05, 3.63) is 35.4 Å². The molecule has 0 radical (unpaired) electrons. The third kappa shape index (κ3) is 4.73. The van der Waals surface area contributed by atoms with Crippen molar-refractivity contribution in [2.75, 3.05) is 26.2 Å². The Morgan fingerprint density at radius 2 is 1.68 bits per heavy atom. The Labute approximate surface area is 168 Å². The van der Waals surface area contributed by atoms with E-state index in [0.29, 0.717) is 6.04 Å². The van der Waals surface area contributed by atoms with Gasteiger partial charge in [0.05, 0.1) is 5.92 Å². The smallest absolute Gasteiger partial charge is 0.253 e. The van der Waals surface area contributed by atoms with Crippen molar-refractivity contribution in [2.45, 2.75) is 57.9 Å². The number of piperidine rings is 2. The molecule has 2 aliphatic heterocycles. The van der Waals surface area contributed by atoms with Gasteiger partial charge in [0.2, 0.25) is 5.91 Å². The highest BCUT2D eigenvalue weighted by molar-refractivity contribution is 5.94. The van der Waals surface area contributed by atoms with Crippen LogP contribution in [-0.4, -0.2) is 53.8 Å². The summed E-state index contributed by atoms with van der Waals surface area (Å²) in [6, 6.07) is 8.48. The van der Waals surface area contributed by atoms with Crippen LogP contribution in [0.1, 0.15) is 62.4 Å². The van der Waals surface area contributed by atoms with E-state index in [2.05, 4.69) is 43.2 Å². The number of hydrogen-bond donors (Lipinski definition) is 2. The number of hydrogen-bond acceptors (Lipinski definition) is 4. The molecule has 3 rings (SSSR count). The first kappa shape index (κ1) is 20.8. The number of rotatable bonds is 3. The largest absolute Gasteiger partial charge is 0.339 e. The molecule has 3 N–H and O–H groups in total. The number of benzene rings is 1. The zero-order valence-corrected chi connectivity index (χ0v) is 17.4. The van der Waals surface area contributed by atoms with Gasteiger partial charge in [-0.25, -0.2) is 5.84 Å². The van der Waals surface area contributed by atoms with Gasteiger partial charge in [-0.3, -0.25) is 19.9 Å². The SMILES string of the molecule is CC(C)(C)c1ccc(C(=O)N2CCC(N3CCCC(C(=O)NN)C3)CC2)cc1. The summed E-state index contributed by atoms with van der Waals surface area (Å²) in [5, 5.41) is 0. The summed E-state index contributed by atoms with van der Waals surface area (Å²) in [6.45, 7) is 9.88. The van der Waals surface area contributed by atoms with Crippen LogP contribution in [0.3, 0.4) is 0 Å². The Hall–Kier alpha value is -1.92. The third-order valence-corrected chi connectivity index (χ3v) is 6.23. The molecule has 1 atom stereocenters. The monoisotopic (exact) mass is 386 g/mol. The van der Waals surface area contributed by atoms with Crippen molar-refractivity contribution < 1.29 is 9.59 Å². The van der Waals surface area contributed by atoms with Crippen molar-refractivity contribution in [1.82, 2.24) is 15.2 Å². The molecule has 2 saturated heterocycles. The molecule has 28 heavy (non-hydrogen) atoms. The van der Waals surface area contributed by atoms with E-state index in [4.69, 9.17) is 5.84 Å².